The SMILES string of the molecule is Cc1cc2c(c(=O)n1Cc1ccccc1)C(c1ccccc1[N+](=O)[O-])C(C#N)=C(N)O2. The molecular formula is C23H18N4O4. The molecule has 1 aromatic heterocycles. The van der Waals surface area contributed by atoms with Crippen LogP contribution < -0.4 is 16.0 Å². The number of nitro groups is 1. The van der Waals surface area contributed by atoms with Crippen LogP contribution in [0.25, 0.3) is 0 Å². The Hall–Kier alpha value is -4.38. The number of rotatable bonds is 4. The van der Waals surface area contributed by atoms with Crippen molar-refractivity contribution in [2.45, 2.75) is 19.4 Å². The Bertz CT molecular complexity index is 1320. The fourth-order valence-corrected chi connectivity index (χ4v) is 3.86. The molecule has 0 amide bonds. The number of nitrogens with two attached hydrogens (primary N) is 1. The van der Waals surface area contributed by atoms with Crippen LogP contribution in [0.2, 0.25) is 0 Å². The smallest absolute Gasteiger partial charge is 0.273 e. The zero-order chi connectivity index (χ0) is 22.1. The van der Waals surface area contributed by atoms with E-state index in [4.69, 9.17) is 10.5 Å². The molecule has 2 heterocycles. The summed E-state index contributed by atoms with van der Waals surface area (Å²) in [7, 11) is 0. The van der Waals surface area contributed by atoms with Crippen LogP contribution in [0.4, 0.5) is 5.69 Å². The Labute approximate surface area is 177 Å². The number of aryl methyl sites for hydroxylation is 1. The molecule has 4 rings (SSSR count). The third kappa shape index (κ3) is 3.42. The molecule has 1 atom stereocenters. The van der Waals surface area contributed by atoms with Gasteiger partial charge in [-0.25, -0.2) is 0 Å². The molecule has 2 N–H and O–H groups in total. The van der Waals surface area contributed by atoms with Gasteiger partial charge in [-0.05, 0) is 12.5 Å². The van der Waals surface area contributed by atoms with E-state index in [-0.39, 0.29) is 39.6 Å². The Morgan fingerprint density at radius 2 is 1.87 bits per heavy atom. The minimum Gasteiger partial charge on any atom is -0.440 e. The Morgan fingerprint density at radius 3 is 2.55 bits per heavy atom. The maximum absolute atomic E-state index is 13.6. The summed E-state index contributed by atoms with van der Waals surface area (Å²) in [5.41, 5.74) is 7.28. The lowest BCUT2D eigenvalue weighted by atomic mass is 9.83. The number of para-hydroxylation sites is 1. The van der Waals surface area contributed by atoms with E-state index < -0.39 is 10.8 Å². The number of nitro benzene ring substituents is 1. The predicted octanol–water partition coefficient (Wildman–Crippen LogP) is 3.33. The zero-order valence-electron chi connectivity index (χ0n) is 16.6. The van der Waals surface area contributed by atoms with Crippen LogP contribution >= 0.6 is 0 Å². The number of fused-ring (bicyclic) bond motifs is 1. The highest BCUT2D eigenvalue weighted by molar-refractivity contribution is 5.59. The van der Waals surface area contributed by atoms with Gasteiger partial charge in [-0.1, -0.05) is 48.5 Å². The molecule has 8 heteroatoms. The second kappa shape index (κ2) is 7.80. The van der Waals surface area contributed by atoms with Crippen LogP contribution in [0.3, 0.4) is 0 Å². The Morgan fingerprint density at radius 1 is 1.19 bits per heavy atom. The van der Waals surface area contributed by atoms with Gasteiger partial charge in [-0.15, -0.1) is 0 Å². The second-order valence-corrected chi connectivity index (χ2v) is 7.18. The van der Waals surface area contributed by atoms with Crippen LogP contribution in [0.1, 0.15) is 28.3 Å². The van der Waals surface area contributed by atoms with Crippen molar-refractivity contribution in [3.63, 3.8) is 0 Å². The first-order valence-electron chi connectivity index (χ1n) is 9.51. The van der Waals surface area contributed by atoms with Crippen LogP contribution in [-0.4, -0.2) is 9.49 Å². The van der Waals surface area contributed by atoms with Gasteiger partial charge >= 0.3 is 0 Å². The molecule has 3 aromatic rings. The van der Waals surface area contributed by atoms with E-state index in [1.54, 1.807) is 23.6 Å². The third-order valence-electron chi connectivity index (χ3n) is 5.32. The topological polar surface area (TPSA) is 124 Å². The van der Waals surface area contributed by atoms with E-state index in [2.05, 4.69) is 0 Å². The van der Waals surface area contributed by atoms with Gasteiger partial charge in [-0.2, -0.15) is 5.26 Å². The quantitative estimate of drug-likeness (QED) is 0.516. The van der Waals surface area contributed by atoms with E-state index >= 15 is 0 Å². The second-order valence-electron chi connectivity index (χ2n) is 7.18. The highest BCUT2D eigenvalue weighted by Gasteiger charge is 2.37. The van der Waals surface area contributed by atoms with E-state index in [0.717, 1.165) is 5.56 Å². The number of nitriles is 1. The molecule has 0 aliphatic carbocycles. The van der Waals surface area contributed by atoms with Gasteiger partial charge in [0, 0.05) is 23.4 Å². The molecule has 0 fully saturated rings. The molecule has 0 saturated carbocycles. The molecule has 0 saturated heterocycles. The number of benzene rings is 2. The summed E-state index contributed by atoms with van der Waals surface area (Å²) in [6.07, 6.45) is 0. The maximum atomic E-state index is 13.6. The summed E-state index contributed by atoms with van der Waals surface area (Å²) in [5, 5.41) is 21.4. The highest BCUT2D eigenvalue weighted by atomic mass is 16.6. The summed E-state index contributed by atoms with van der Waals surface area (Å²) in [4.78, 5) is 24.7. The molecule has 31 heavy (non-hydrogen) atoms. The van der Waals surface area contributed by atoms with Crippen molar-refractivity contribution in [3.05, 3.63) is 115 Å². The molecule has 2 aromatic carbocycles. The molecule has 154 valence electrons. The lowest BCUT2D eigenvalue weighted by molar-refractivity contribution is -0.385. The number of ether oxygens (including phenoxy) is 1. The molecule has 0 radical (unpaired) electrons. The van der Waals surface area contributed by atoms with Gasteiger partial charge in [0.15, 0.2) is 0 Å². The average Bonchev–Trinajstić information content (AvgIpc) is 2.76. The number of pyridine rings is 1. The zero-order valence-corrected chi connectivity index (χ0v) is 16.6. The standard InChI is InChI=1S/C23H18N4O4/c1-14-11-19-21(23(28)26(14)13-15-7-3-2-4-8-15)20(17(12-24)22(25)31-19)16-9-5-6-10-18(16)27(29)30/h2-11,20H,13,25H2,1H3. The van der Waals surface area contributed by atoms with Gasteiger partial charge < -0.3 is 15.0 Å². The van der Waals surface area contributed by atoms with Gasteiger partial charge in [0.2, 0.25) is 5.88 Å². The largest absolute Gasteiger partial charge is 0.440 e. The van der Waals surface area contributed by atoms with Gasteiger partial charge in [-0.3, -0.25) is 14.9 Å². The van der Waals surface area contributed by atoms with Crippen molar-refractivity contribution in [1.29, 1.82) is 5.26 Å². The fraction of sp³-hybridized carbons (Fsp3) is 0.130. The fourth-order valence-electron chi connectivity index (χ4n) is 3.86. The minimum absolute atomic E-state index is 0.0333. The Kier molecular flexibility index (Phi) is 5.01. The van der Waals surface area contributed by atoms with Crippen molar-refractivity contribution in [2.75, 3.05) is 0 Å². The molecule has 1 unspecified atom stereocenters. The first-order chi connectivity index (χ1) is 14.9. The van der Waals surface area contributed by atoms with Gasteiger partial charge in [0.05, 0.1) is 22.9 Å². The summed E-state index contributed by atoms with van der Waals surface area (Å²) >= 11 is 0. The van der Waals surface area contributed by atoms with Crippen LogP contribution in [0.5, 0.6) is 5.75 Å². The summed E-state index contributed by atoms with van der Waals surface area (Å²) in [6, 6.07) is 19.1. The summed E-state index contributed by atoms with van der Waals surface area (Å²) < 4.78 is 7.17. The lowest BCUT2D eigenvalue weighted by Crippen LogP contribution is -2.33. The first kappa shape index (κ1) is 19.9. The van der Waals surface area contributed by atoms with Crippen LogP contribution in [0, 0.1) is 28.4 Å². The molecular weight excluding hydrogens is 396 g/mol. The Balaban J connectivity index is 1.98. The number of hydrogen-bond donors (Lipinski definition) is 1. The van der Waals surface area contributed by atoms with Crippen molar-refractivity contribution in [1.82, 2.24) is 4.57 Å². The monoisotopic (exact) mass is 414 g/mol. The number of aromatic nitrogens is 1. The van der Waals surface area contributed by atoms with E-state index in [1.165, 1.54) is 18.2 Å². The van der Waals surface area contributed by atoms with Crippen molar-refractivity contribution in [3.8, 4) is 11.8 Å². The highest BCUT2D eigenvalue weighted by Crippen LogP contribution is 2.43. The van der Waals surface area contributed by atoms with Crippen LogP contribution in [-0.2, 0) is 6.54 Å². The van der Waals surface area contributed by atoms with E-state index in [1.807, 2.05) is 36.4 Å². The molecule has 0 bridgehead atoms. The summed E-state index contributed by atoms with van der Waals surface area (Å²) in [5.74, 6) is -0.977. The predicted molar refractivity (Wildman–Crippen MR) is 113 cm³/mol. The average molecular weight is 414 g/mol. The number of allylic oxidation sites excluding steroid dienone is 1. The molecule has 1 aliphatic rings. The summed E-state index contributed by atoms with van der Waals surface area (Å²) in [6.45, 7) is 2.08. The molecule has 0 spiro atoms. The lowest BCUT2D eigenvalue weighted by Gasteiger charge is -2.27. The van der Waals surface area contributed by atoms with Crippen molar-refractivity contribution < 1.29 is 9.66 Å². The molecule has 8 nitrogen and oxygen atoms in total. The number of nitrogens with zero attached hydrogens (tertiary/aromatic N) is 3. The van der Waals surface area contributed by atoms with E-state index in [0.29, 0.717) is 12.2 Å². The number of hydrogen-bond acceptors (Lipinski definition) is 6. The van der Waals surface area contributed by atoms with Crippen LogP contribution in [0.15, 0.2) is 76.9 Å². The normalized spacial score (nSPS) is 15.0. The molecule has 1 aliphatic heterocycles. The van der Waals surface area contributed by atoms with Crippen molar-refractivity contribution >= 4 is 5.69 Å². The first-order valence-corrected chi connectivity index (χ1v) is 9.51. The van der Waals surface area contributed by atoms with Gasteiger partial charge in [0.1, 0.15) is 17.4 Å². The third-order valence-corrected chi connectivity index (χ3v) is 5.32. The minimum atomic E-state index is -1.01. The van der Waals surface area contributed by atoms with Crippen molar-refractivity contribution in [2.24, 2.45) is 5.73 Å². The van der Waals surface area contributed by atoms with E-state index in [9.17, 15) is 20.2 Å². The maximum Gasteiger partial charge on any atom is 0.273 e. The van der Waals surface area contributed by atoms with Gasteiger partial charge in [0.25, 0.3) is 11.2 Å².